The summed E-state index contributed by atoms with van der Waals surface area (Å²) in [4.78, 5) is 4.21. The zero-order valence-corrected chi connectivity index (χ0v) is 12.3. The van der Waals surface area contributed by atoms with Crippen molar-refractivity contribution < 1.29 is 4.74 Å². The lowest BCUT2D eigenvalue weighted by Crippen LogP contribution is -2.05. The summed E-state index contributed by atoms with van der Waals surface area (Å²) in [6.07, 6.45) is 2.86. The van der Waals surface area contributed by atoms with Crippen LogP contribution in [0.25, 0.3) is 0 Å². The number of pyridine rings is 1. The quantitative estimate of drug-likeness (QED) is 0.875. The number of rotatable bonds is 5. The van der Waals surface area contributed by atoms with Gasteiger partial charge in [-0.05, 0) is 48.6 Å². The first-order valence-electron chi connectivity index (χ1n) is 7.09. The third-order valence-corrected chi connectivity index (χ3v) is 3.57. The third kappa shape index (κ3) is 3.58. The van der Waals surface area contributed by atoms with Crippen molar-refractivity contribution in [1.29, 1.82) is 0 Å². The number of hydrogen-bond acceptors (Lipinski definition) is 3. The summed E-state index contributed by atoms with van der Waals surface area (Å²) in [6, 6.07) is 12.0. The standard InChI is InChI=1S/C17H22N2O/c1-4-12(2)14-5-7-16(8-6-14)20-17-11-15(13(3)18)9-10-19-17/h5-13H,4,18H2,1-3H3/t12?,13-/m1/s1. The molecule has 20 heavy (non-hydrogen) atoms. The molecule has 0 saturated carbocycles. The first-order valence-corrected chi connectivity index (χ1v) is 7.09. The van der Waals surface area contributed by atoms with Gasteiger partial charge in [0.1, 0.15) is 5.75 Å². The molecule has 1 aromatic carbocycles. The van der Waals surface area contributed by atoms with Crippen LogP contribution in [0.2, 0.25) is 0 Å². The van der Waals surface area contributed by atoms with Gasteiger partial charge < -0.3 is 10.5 Å². The van der Waals surface area contributed by atoms with E-state index < -0.39 is 0 Å². The van der Waals surface area contributed by atoms with Gasteiger partial charge in [-0.15, -0.1) is 0 Å². The lowest BCUT2D eigenvalue weighted by Gasteiger charge is -2.11. The Kier molecular flexibility index (Phi) is 4.74. The van der Waals surface area contributed by atoms with E-state index in [2.05, 4.69) is 31.0 Å². The van der Waals surface area contributed by atoms with Crippen molar-refractivity contribution in [2.45, 2.75) is 39.2 Å². The molecule has 1 heterocycles. The van der Waals surface area contributed by atoms with Gasteiger partial charge >= 0.3 is 0 Å². The average Bonchev–Trinajstić information content (AvgIpc) is 2.47. The number of aromatic nitrogens is 1. The van der Waals surface area contributed by atoms with E-state index >= 15 is 0 Å². The highest BCUT2D eigenvalue weighted by atomic mass is 16.5. The smallest absolute Gasteiger partial charge is 0.219 e. The van der Waals surface area contributed by atoms with Gasteiger partial charge in [0.2, 0.25) is 5.88 Å². The zero-order chi connectivity index (χ0) is 14.5. The van der Waals surface area contributed by atoms with E-state index in [1.165, 1.54) is 5.56 Å². The SMILES string of the molecule is CCC(C)c1ccc(Oc2cc([C@@H](C)N)ccn2)cc1. The lowest BCUT2D eigenvalue weighted by atomic mass is 9.99. The van der Waals surface area contributed by atoms with E-state index in [0.717, 1.165) is 17.7 Å². The van der Waals surface area contributed by atoms with E-state index in [0.29, 0.717) is 11.8 Å². The molecule has 0 fully saturated rings. The topological polar surface area (TPSA) is 48.1 Å². The van der Waals surface area contributed by atoms with Gasteiger partial charge in [-0.25, -0.2) is 4.98 Å². The maximum Gasteiger partial charge on any atom is 0.219 e. The van der Waals surface area contributed by atoms with Gasteiger partial charge in [0, 0.05) is 18.3 Å². The highest BCUT2D eigenvalue weighted by Crippen LogP contribution is 2.25. The minimum atomic E-state index is -0.0203. The van der Waals surface area contributed by atoms with Crippen LogP contribution in [0.1, 0.15) is 50.3 Å². The van der Waals surface area contributed by atoms with Crippen molar-refractivity contribution in [2.24, 2.45) is 5.73 Å². The monoisotopic (exact) mass is 270 g/mol. The molecule has 1 unspecified atom stereocenters. The summed E-state index contributed by atoms with van der Waals surface area (Å²) in [5.74, 6) is 1.95. The van der Waals surface area contributed by atoms with E-state index in [4.69, 9.17) is 10.5 Å². The Balaban J connectivity index is 2.12. The normalized spacial score (nSPS) is 13.8. The van der Waals surface area contributed by atoms with Gasteiger partial charge in [0.05, 0.1) is 0 Å². The lowest BCUT2D eigenvalue weighted by molar-refractivity contribution is 0.461. The molecule has 3 nitrogen and oxygen atoms in total. The van der Waals surface area contributed by atoms with E-state index in [1.807, 2.05) is 31.2 Å². The highest BCUT2D eigenvalue weighted by Gasteiger charge is 2.05. The molecule has 0 aliphatic carbocycles. The molecule has 0 amide bonds. The van der Waals surface area contributed by atoms with Crippen molar-refractivity contribution in [1.82, 2.24) is 4.98 Å². The second-order valence-corrected chi connectivity index (χ2v) is 5.20. The molecule has 1 aromatic heterocycles. The fraction of sp³-hybridized carbons (Fsp3) is 0.353. The van der Waals surface area contributed by atoms with Crippen LogP contribution in [-0.2, 0) is 0 Å². The molecule has 2 rings (SSSR count). The van der Waals surface area contributed by atoms with Gasteiger partial charge in [0.15, 0.2) is 0 Å². The maximum absolute atomic E-state index is 5.86. The Bertz CT molecular complexity index is 549. The molecule has 0 saturated heterocycles. The molecule has 106 valence electrons. The molecular weight excluding hydrogens is 248 g/mol. The molecule has 2 atom stereocenters. The predicted octanol–water partition coefficient (Wildman–Crippen LogP) is 4.41. The molecule has 0 radical (unpaired) electrons. The van der Waals surface area contributed by atoms with Crippen molar-refractivity contribution >= 4 is 0 Å². The van der Waals surface area contributed by atoms with Crippen LogP contribution in [0, 0.1) is 0 Å². The molecule has 0 aliphatic heterocycles. The van der Waals surface area contributed by atoms with E-state index in [-0.39, 0.29) is 6.04 Å². The van der Waals surface area contributed by atoms with Crippen LogP contribution in [0.15, 0.2) is 42.6 Å². The Labute approximate surface area is 120 Å². The summed E-state index contributed by atoms with van der Waals surface area (Å²) in [6.45, 7) is 6.36. The molecule has 2 N–H and O–H groups in total. The molecule has 0 bridgehead atoms. The highest BCUT2D eigenvalue weighted by molar-refractivity contribution is 5.33. The number of benzene rings is 1. The van der Waals surface area contributed by atoms with Gasteiger partial charge in [0.25, 0.3) is 0 Å². The molecule has 0 aliphatic rings. The number of nitrogens with two attached hydrogens (primary N) is 1. The van der Waals surface area contributed by atoms with Gasteiger partial charge in [-0.1, -0.05) is 26.0 Å². The van der Waals surface area contributed by atoms with Crippen molar-refractivity contribution in [3.63, 3.8) is 0 Å². The van der Waals surface area contributed by atoms with Gasteiger partial charge in [-0.2, -0.15) is 0 Å². The second-order valence-electron chi connectivity index (χ2n) is 5.20. The van der Waals surface area contributed by atoms with Crippen LogP contribution in [0.4, 0.5) is 0 Å². The largest absolute Gasteiger partial charge is 0.439 e. The predicted molar refractivity (Wildman–Crippen MR) is 82.1 cm³/mol. The molecular formula is C17H22N2O. The molecule has 2 aromatic rings. The van der Waals surface area contributed by atoms with Crippen LogP contribution in [0.3, 0.4) is 0 Å². The average molecular weight is 270 g/mol. The number of hydrogen-bond donors (Lipinski definition) is 1. The first kappa shape index (κ1) is 14.5. The minimum absolute atomic E-state index is 0.0203. The number of nitrogens with zero attached hydrogens (tertiary/aromatic N) is 1. The Morgan fingerprint density at radius 1 is 1.10 bits per heavy atom. The first-order chi connectivity index (χ1) is 9.60. The fourth-order valence-electron chi connectivity index (χ4n) is 1.98. The summed E-state index contributed by atoms with van der Waals surface area (Å²) in [7, 11) is 0. The van der Waals surface area contributed by atoms with Crippen molar-refractivity contribution in [2.75, 3.05) is 0 Å². The van der Waals surface area contributed by atoms with E-state index in [9.17, 15) is 0 Å². The van der Waals surface area contributed by atoms with Crippen LogP contribution < -0.4 is 10.5 Å². The summed E-state index contributed by atoms with van der Waals surface area (Å²) < 4.78 is 5.77. The van der Waals surface area contributed by atoms with Crippen LogP contribution in [-0.4, -0.2) is 4.98 Å². The van der Waals surface area contributed by atoms with Crippen LogP contribution in [0.5, 0.6) is 11.6 Å². The van der Waals surface area contributed by atoms with Crippen molar-refractivity contribution in [3.05, 3.63) is 53.7 Å². The Hall–Kier alpha value is -1.87. The summed E-state index contributed by atoms with van der Waals surface area (Å²) >= 11 is 0. The molecule has 0 spiro atoms. The second kappa shape index (κ2) is 6.53. The van der Waals surface area contributed by atoms with E-state index in [1.54, 1.807) is 6.20 Å². The Morgan fingerprint density at radius 3 is 2.40 bits per heavy atom. The van der Waals surface area contributed by atoms with Gasteiger partial charge in [-0.3, -0.25) is 0 Å². The maximum atomic E-state index is 5.86. The zero-order valence-electron chi connectivity index (χ0n) is 12.3. The fourth-order valence-corrected chi connectivity index (χ4v) is 1.98. The Morgan fingerprint density at radius 2 is 1.80 bits per heavy atom. The van der Waals surface area contributed by atoms with Crippen molar-refractivity contribution in [3.8, 4) is 11.6 Å². The summed E-state index contributed by atoms with van der Waals surface area (Å²) in [5, 5.41) is 0. The summed E-state index contributed by atoms with van der Waals surface area (Å²) in [5.41, 5.74) is 8.21. The number of ether oxygens (including phenoxy) is 1. The third-order valence-electron chi connectivity index (χ3n) is 3.57. The molecule has 3 heteroatoms. The van der Waals surface area contributed by atoms with Crippen LogP contribution >= 0.6 is 0 Å². The minimum Gasteiger partial charge on any atom is -0.439 e.